The van der Waals surface area contributed by atoms with Crippen LogP contribution in [0.2, 0.25) is 5.02 Å². The minimum absolute atomic E-state index is 0.234. The maximum atomic E-state index is 12.2. The molecule has 2 aromatic heterocycles. The van der Waals surface area contributed by atoms with Gasteiger partial charge in [0.05, 0.1) is 0 Å². The molecule has 154 valence electrons. The van der Waals surface area contributed by atoms with Crippen molar-refractivity contribution in [2.75, 3.05) is 6.54 Å². The average Bonchev–Trinajstić information content (AvgIpc) is 3.37. The smallest absolute Gasteiger partial charge is 0.286 e. The standard InChI is InChI=1S/C22H26ClN3O3/c1-15(2)18-13-19(23)16(3)12-21(18)28-14-17-6-7-20(29-17)22(27)24-8-4-10-26-11-5-9-25-26/h5-7,9,11-13,15H,4,8,10,14H2,1-3H3,(H,24,27). The van der Waals surface area contributed by atoms with Crippen LogP contribution in [0.5, 0.6) is 5.75 Å². The van der Waals surface area contributed by atoms with E-state index in [2.05, 4.69) is 24.3 Å². The summed E-state index contributed by atoms with van der Waals surface area (Å²) < 4.78 is 13.4. The molecule has 29 heavy (non-hydrogen) atoms. The Morgan fingerprint density at radius 2 is 2.17 bits per heavy atom. The number of rotatable bonds is 9. The molecule has 1 amide bonds. The Morgan fingerprint density at radius 3 is 2.90 bits per heavy atom. The maximum Gasteiger partial charge on any atom is 0.286 e. The van der Waals surface area contributed by atoms with Crippen LogP contribution in [0.1, 0.15) is 53.6 Å². The number of amides is 1. The van der Waals surface area contributed by atoms with Crippen molar-refractivity contribution in [2.45, 2.75) is 46.3 Å². The molecule has 0 radical (unpaired) electrons. The second kappa shape index (κ2) is 9.65. The molecule has 0 bridgehead atoms. The van der Waals surface area contributed by atoms with E-state index in [4.69, 9.17) is 20.8 Å². The highest BCUT2D eigenvalue weighted by Crippen LogP contribution is 2.32. The molecule has 7 heteroatoms. The van der Waals surface area contributed by atoms with Crippen molar-refractivity contribution in [1.29, 1.82) is 0 Å². The fourth-order valence-electron chi connectivity index (χ4n) is 2.94. The van der Waals surface area contributed by atoms with Gasteiger partial charge in [-0.25, -0.2) is 0 Å². The van der Waals surface area contributed by atoms with Crippen LogP contribution >= 0.6 is 11.6 Å². The summed E-state index contributed by atoms with van der Waals surface area (Å²) in [7, 11) is 0. The minimum Gasteiger partial charge on any atom is -0.485 e. The number of halogens is 1. The zero-order chi connectivity index (χ0) is 20.8. The lowest BCUT2D eigenvalue weighted by Crippen LogP contribution is -2.24. The fraction of sp³-hybridized carbons (Fsp3) is 0.364. The van der Waals surface area contributed by atoms with Gasteiger partial charge in [-0.05, 0) is 60.7 Å². The molecule has 1 N–H and O–H groups in total. The minimum atomic E-state index is -0.234. The van der Waals surface area contributed by atoms with E-state index in [0.717, 1.165) is 34.9 Å². The predicted molar refractivity (Wildman–Crippen MR) is 112 cm³/mol. The molecule has 6 nitrogen and oxygen atoms in total. The highest BCUT2D eigenvalue weighted by atomic mass is 35.5. The largest absolute Gasteiger partial charge is 0.485 e. The molecule has 0 saturated carbocycles. The summed E-state index contributed by atoms with van der Waals surface area (Å²) >= 11 is 6.24. The summed E-state index contributed by atoms with van der Waals surface area (Å²) in [6.45, 7) is 7.68. The second-order valence-electron chi connectivity index (χ2n) is 7.23. The van der Waals surface area contributed by atoms with Gasteiger partial charge in [0, 0.05) is 30.5 Å². The highest BCUT2D eigenvalue weighted by molar-refractivity contribution is 6.31. The van der Waals surface area contributed by atoms with Crippen molar-refractivity contribution in [2.24, 2.45) is 0 Å². The van der Waals surface area contributed by atoms with E-state index < -0.39 is 0 Å². The number of carbonyl (C=O) groups is 1. The monoisotopic (exact) mass is 415 g/mol. The Labute approximate surface area is 175 Å². The molecule has 2 heterocycles. The van der Waals surface area contributed by atoms with Gasteiger partial charge in [-0.3, -0.25) is 9.48 Å². The lowest BCUT2D eigenvalue weighted by atomic mass is 10.0. The molecule has 0 spiro atoms. The van der Waals surface area contributed by atoms with Gasteiger partial charge in [-0.1, -0.05) is 25.4 Å². The van der Waals surface area contributed by atoms with E-state index in [1.807, 2.05) is 36.0 Å². The topological polar surface area (TPSA) is 69.3 Å². The number of hydrogen-bond acceptors (Lipinski definition) is 4. The van der Waals surface area contributed by atoms with Crippen LogP contribution in [0.3, 0.4) is 0 Å². The summed E-state index contributed by atoms with van der Waals surface area (Å²) in [6.07, 6.45) is 4.42. The fourth-order valence-corrected chi connectivity index (χ4v) is 3.11. The first-order valence-corrected chi connectivity index (χ1v) is 10.1. The summed E-state index contributed by atoms with van der Waals surface area (Å²) in [5.74, 6) is 1.70. The maximum absolute atomic E-state index is 12.2. The Bertz CT molecular complexity index is 948. The van der Waals surface area contributed by atoms with Crippen molar-refractivity contribution >= 4 is 17.5 Å². The van der Waals surface area contributed by atoms with Crippen LogP contribution in [0.15, 0.2) is 47.1 Å². The molecular weight excluding hydrogens is 390 g/mol. The molecule has 0 aliphatic carbocycles. The van der Waals surface area contributed by atoms with Crippen LogP contribution in [0.4, 0.5) is 0 Å². The summed E-state index contributed by atoms with van der Waals surface area (Å²) in [4.78, 5) is 12.2. The zero-order valence-electron chi connectivity index (χ0n) is 16.9. The lowest BCUT2D eigenvalue weighted by Gasteiger charge is -2.15. The molecule has 3 aromatic rings. The van der Waals surface area contributed by atoms with Gasteiger partial charge in [0.2, 0.25) is 0 Å². The van der Waals surface area contributed by atoms with Gasteiger partial charge in [0.25, 0.3) is 5.91 Å². The molecule has 0 saturated heterocycles. The average molecular weight is 416 g/mol. The van der Waals surface area contributed by atoms with Gasteiger partial charge in [0.15, 0.2) is 5.76 Å². The lowest BCUT2D eigenvalue weighted by molar-refractivity contribution is 0.0920. The van der Waals surface area contributed by atoms with Crippen LogP contribution < -0.4 is 10.1 Å². The van der Waals surface area contributed by atoms with Crippen LogP contribution in [-0.4, -0.2) is 22.2 Å². The Morgan fingerprint density at radius 1 is 1.34 bits per heavy atom. The SMILES string of the molecule is Cc1cc(OCc2ccc(C(=O)NCCCn3cccn3)o2)c(C(C)C)cc1Cl. The first-order valence-electron chi connectivity index (χ1n) is 9.71. The third kappa shape index (κ3) is 5.64. The van der Waals surface area contributed by atoms with E-state index in [1.165, 1.54) is 0 Å². The molecular formula is C22H26ClN3O3. The molecule has 1 aromatic carbocycles. The second-order valence-corrected chi connectivity index (χ2v) is 7.63. The summed E-state index contributed by atoms with van der Waals surface area (Å²) in [6, 6.07) is 9.18. The highest BCUT2D eigenvalue weighted by Gasteiger charge is 2.14. The molecule has 0 aliphatic rings. The number of furan rings is 1. The van der Waals surface area contributed by atoms with E-state index in [0.29, 0.717) is 12.3 Å². The molecule has 3 rings (SSSR count). The van der Waals surface area contributed by atoms with E-state index in [1.54, 1.807) is 18.3 Å². The van der Waals surface area contributed by atoms with Gasteiger partial charge < -0.3 is 14.5 Å². The Kier molecular flexibility index (Phi) is 6.99. The number of carbonyl (C=O) groups excluding carboxylic acids is 1. The zero-order valence-corrected chi connectivity index (χ0v) is 17.7. The van der Waals surface area contributed by atoms with Crippen molar-refractivity contribution in [3.8, 4) is 5.75 Å². The normalized spacial score (nSPS) is 11.1. The quantitative estimate of drug-likeness (QED) is 0.501. The van der Waals surface area contributed by atoms with E-state index in [-0.39, 0.29) is 24.2 Å². The van der Waals surface area contributed by atoms with Crippen LogP contribution in [0.25, 0.3) is 0 Å². The van der Waals surface area contributed by atoms with Gasteiger partial charge in [-0.2, -0.15) is 5.10 Å². The van der Waals surface area contributed by atoms with Crippen molar-refractivity contribution in [3.05, 3.63) is 70.4 Å². The number of nitrogens with zero attached hydrogens (tertiary/aromatic N) is 2. The number of aryl methyl sites for hydroxylation is 2. The number of hydrogen-bond donors (Lipinski definition) is 1. The number of nitrogens with one attached hydrogen (secondary N) is 1. The van der Waals surface area contributed by atoms with Gasteiger partial charge >= 0.3 is 0 Å². The summed E-state index contributed by atoms with van der Waals surface area (Å²) in [5.41, 5.74) is 2.00. The molecule has 0 fully saturated rings. The van der Waals surface area contributed by atoms with Crippen molar-refractivity contribution in [3.63, 3.8) is 0 Å². The Hall–Kier alpha value is -2.73. The van der Waals surface area contributed by atoms with Crippen LogP contribution in [0, 0.1) is 6.92 Å². The van der Waals surface area contributed by atoms with E-state index in [9.17, 15) is 4.79 Å². The van der Waals surface area contributed by atoms with Crippen molar-refractivity contribution in [1.82, 2.24) is 15.1 Å². The first kappa shape index (κ1) is 21.0. The number of benzene rings is 1. The van der Waals surface area contributed by atoms with E-state index >= 15 is 0 Å². The van der Waals surface area contributed by atoms with Gasteiger partial charge in [-0.15, -0.1) is 0 Å². The number of ether oxygens (including phenoxy) is 1. The van der Waals surface area contributed by atoms with Crippen LogP contribution in [-0.2, 0) is 13.2 Å². The molecule has 0 atom stereocenters. The Balaban J connectivity index is 1.52. The molecule has 0 unspecified atom stereocenters. The predicted octanol–water partition coefficient (Wildman–Crippen LogP) is 4.96. The molecule has 0 aliphatic heterocycles. The first-order chi connectivity index (χ1) is 13.9. The van der Waals surface area contributed by atoms with Crippen molar-refractivity contribution < 1.29 is 13.9 Å². The third-order valence-electron chi connectivity index (χ3n) is 4.58. The third-order valence-corrected chi connectivity index (χ3v) is 4.98. The summed E-state index contributed by atoms with van der Waals surface area (Å²) in [5, 5.41) is 7.72. The van der Waals surface area contributed by atoms with Gasteiger partial charge in [0.1, 0.15) is 18.1 Å². The number of aromatic nitrogens is 2.